The largest absolute Gasteiger partial charge is 0.348 e. The van der Waals surface area contributed by atoms with Gasteiger partial charge in [0.1, 0.15) is 5.82 Å². The van der Waals surface area contributed by atoms with Crippen molar-refractivity contribution in [3.63, 3.8) is 0 Å². The van der Waals surface area contributed by atoms with Crippen molar-refractivity contribution in [3.8, 4) is 5.69 Å². The SMILES string of the molecule is Cn1cccc1C(=O)CSc1nnc(Cc2ccccc2)n1-c1ccc(Cl)cc1. The fraction of sp³-hybridized carbons (Fsp3) is 0.136. The maximum Gasteiger partial charge on any atom is 0.196 e. The van der Waals surface area contributed by atoms with Gasteiger partial charge in [-0.25, -0.2) is 0 Å². The van der Waals surface area contributed by atoms with E-state index in [1.54, 1.807) is 0 Å². The van der Waals surface area contributed by atoms with Gasteiger partial charge >= 0.3 is 0 Å². The standard InChI is InChI=1S/C22H19ClN4OS/c1-26-13-5-8-19(26)20(28)15-29-22-25-24-21(14-16-6-3-2-4-7-16)27(22)18-11-9-17(23)10-12-18/h2-13H,14-15H2,1H3. The van der Waals surface area contributed by atoms with Crippen molar-refractivity contribution < 1.29 is 4.79 Å². The Balaban J connectivity index is 1.63. The van der Waals surface area contributed by atoms with Gasteiger partial charge in [-0.1, -0.05) is 53.7 Å². The lowest BCUT2D eigenvalue weighted by Crippen LogP contribution is -2.09. The first kappa shape index (κ1) is 19.5. The molecule has 4 rings (SSSR count). The van der Waals surface area contributed by atoms with Crippen LogP contribution in [0.2, 0.25) is 5.02 Å². The molecular formula is C22H19ClN4OS. The van der Waals surface area contributed by atoms with Crippen LogP contribution in [-0.4, -0.2) is 30.9 Å². The average Bonchev–Trinajstić information content (AvgIpc) is 3.34. The summed E-state index contributed by atoms with van der Waals surface area (Å²) in [6, 6.07) is 21.4. The Morgan fingerprint density at radius 3 is 2.45 bits per heavy atom. The number of rotatable bonds is 7. The smallest absolute Gasteiger partial charge is 0.196 e. The zero-order valence-electron chi connectivity index (χ0n) is 15.8. The Morgan fingerprint density at radius 1 is 1.00 bits per heavy atom. The summed E-state index contributed by atoms with van der Waals surface area (Å²) in [6.45, 7) is 0. The highest BCUT2D eigenvalue weighted by atomic mass is 35.5. The van der Waals surface area contributed by atoms with E-state index in [0.29, 0.717) is 22.3 Å². The lowest BCUT2D eigenvalue weighted by Gasteiger charge is -2.10. The van der Waals surface area contributed by atoms with Crippen molar-refractivity contribution in [1.29, 1.82) is 0 Å². The quantitative estimate of drug-likeness (QED) is 0.316. The van der Waals surface area contributed by atoms with E-state index in [9.17, 15) is 4.79 Å². The highest BCUT2D eigenvalue weighted by Crippen LogP contribution is 2.25. The molecule has 2 aromatic carbocycles. The van der Waals surface area contributed by atoms with E-state index in [4.69, 9.17) is 11.6 Å². The number of hydrogen-bond acceptors (Lipinski definition) is 4. The molecule has 2 heterocycles. The summed E-state index contributed by atoms with van der Waals surface area (Å²) in [6.07, 6.45) is 2.51. The number of nitrogens with zero attached hydrogens (tertiary/aromatic N) is 4. The van der Waals surface area contributed by atoms with Crippen molar-refractivity contribution in [2.45, 2.75) is 11.6 Å². The van der Waals surface area contributed by atoms with Crippen LogP contribution in [0, 0.1) is 0 Å². The third-order valence-electron chi connectivity index (χ3n) is 4.55. The summed E-state index contributed by atoms with van der Waals surface area (Å²) >= 11 is 7.45. The lowest BCUT2D eigenvalue weighted by molar-refractivity contribution is 0.101. The summed E-state index contributed by atoms with van der Waals surface area (Å²) in [5.41, 5.74) is 2.74. The third kappa shape index (κ3) is 4.44. The maximum absolute atomic E-state index is 12.6. The molecule has 2 aromatic heterocycles. The summed E-state index contributed by atoms with van der Waals surface area (Å²) in [4.78, 5) is 12.6. The first-order chi connectivity index (χ1) is 14.1. The van der Waals surface area contributed by atoms with E-state index in [2.05, 4.69) is 22.3 Å². The van der Waals surface area contributed by atoms with Crippen LogP contribution >= 0.6 is 23.4 Å². The van der Waals surface area contributed by atoms with Crippen LogP contribution in [0.25, 0.3) is 5.69 Å². The van der Waals surface area contributed by atoms with E-state index in [1.807, 2.05) is 77.0 Å². The summed E-state index contributed by atoms with van der Waals surface area (Å²) < 4.78 is 3.82. The number of hydrogen-bond donors (Lipinski definition) is 0. The van der Waals surface area contributed by atoms with E-state index < -0.39 is 0 Å². The van der Waals surface area contributed by atoms with Gasteiger partial charge in [0.2, 0.25) is 0 Å². The van der Waals surface area contributed by atoms with Crippen molar-refractivity contribution >= 4 is 29.1 Å². The van der Waals surface area contributed by atoms with Gasteiger partial charge in [-0.2, -0.15) is 0 Å². The van der Waals surface area contributed by atoms with E-state index in [-0.39, 0.29) is 11.5 Å². The second kappa shape index (κ2) is 8.68. The zero-order valence-corrected chi connectivity index (χ0v) is 17.4. The number of benzene rings is 2. The summed E-state index contributed by atoms with van der Waals surface area (Å²) in [7, 11) is 1.87. The molecule has 0 amide bonds. The highest BCUT2D eigenvalue weighted by Gasteiger charge is 2.17. The minimum atomic E-state index is 0.0535. The summed E-state index contributed by atoms with van der Waals surface area (Å²) in [5, 5.41) is 10.1. The Morgan fingerprint density at radius 2 is 1.76 bits per heavy atom. The van der Waals surface area contributed by atoms with Crippen LogP contribution in [0.1, 0.15) is 21.9 Å². The highest BCUT2D eigenvalue weighted by molar-refractivity contribution is 7.99. The number of thioether (sulfide) groups is 1. The molecule has 29 heavy (non-hydrogen) atoms. The Kier molecular flexibility index (Phi) is 5.83. The molecule has 0 aliphatic heterocycles. The maximum atomic E-state index is 12.6. The number of carbonyl (C=O) groups excluding carboxylic acids is 1. The average molecular weight is 423 g/mol. The summed E-state index contributed by atoms with van der Waals surface area (Å²) in [5.74, 6) is 1.15. The molecule has 0 bridgehead atoms. The van der Waals surface area contributed by atoms with Gasteiger partial charge in [-0.05, 0) is 42.0 Å². The normalized spacial score (nSPS) is 11.0. The lowest BCUT2D eigenvalue weighted by atomic mass is 10.1. The van der Waals surface area contributed by atoms with Gasteiger partial charge in [-0.3, -0.25) is 9.36 Å². The number of halogens is 1. The number of ketones is 1. The zero-order chi connectivity index (χ0) is 20.2. The van der Waals surface area contributed by atoms with E-state index in [1.165, 1.54) is 11.8 Å². The van der Waals surface area contributed by atoms with Crippen molar-refractivity contribution in [3.05, 3.63) is 95.0 Å². The second-order valence-corrected chi connectivity index (χ2v) is 7.97. The van der Waals surface area contributed by atoms with Crippen LogP contribution in [0.3, 0.4) is 0 Å². The Labute approximate surface area is 178 Å². The van der Waals surface area contributed by atoms with Crippen LogP contribution in [0.4, 0.5) is 0 Å². The van der Waals surface area contributed by atoms with E-state index in [0.717, 1.165) is 17.1 Å². The van der Waals surface area contributed by atoms with Crippen molar-refractivity contribution in [2.24, 2.45) is 7.05 Å². The Bertz CT molecular complexity index is 1120. The van der Waals surface area contributed by atoms with E-state index >= 15 is 0 Å². The fourth-order valence-electron chi connectivity index (χ4n) is 3.09. The molecule has 4 aromatic rings. The molecule has 0 aliphatic carbocycles. The number of carbonyl (C=O) groups is 1. The number of aromatic nitrogens is 4. The van der Waals surface area contributed by atoms with Gasteiger partial charge in [0.05, 0.1) is 11.4 Å². The molecule has 0 fully saturated rings. The predicted octanol–water partition coefficient (Wildman–Crippen LogP) is 4.83. The number of Topliss-reactive ketones (excluding diaryl/α,β-unsaturated/α-hetero) is 1. The Hall–Kier alpha value is -2.83. The van der Waals surface area contributed by atoms with Crippen LogP contribution < -0.4 is 0 Å². The van der Waals surface area contributed by atoms with Crippen LogP contribution in [0.5, 0.6) is 0 Å². The fourth-order valence-corrected chi connectivity index (χ4v) is 4.06. The minimum absolute atomic E-state index is 0.0535. The molecular weight excluding hydrogens is 404 g/mol. The molecule has 0 aliphatic rings. The van der Waals surface area contributed by atoms with Crippen molar-refractivity contribution in [2.75, 3.05) is 5.75 Å². The first-order valence-electron chi connectivity index (χ1n) is 9.13. The molecule has 7 heteroatoms. The van der Waals surface area contributed by atoms with Gasteiger partial charge in [0, 0.05) is 30.4 Å². The van der Waals surface area contributed by atoms with Gasteiger partial charge in [0.15, 0.2) is 10.9 Å². The molecule has 0 saturated carbocycles. The molecule has 5 nitrogen and oxygen atoms in total. The first-order valence-corrected chi connectivity index (χ1v) is 10.5. The molecule has 0 radical (unpaired) electrons. The topological polar surface area (TPSA) is 52.7 Å². The molecule has 0 spiro atoms. The number of aryl methyl sites for hydroxylation is 1. The van der Waals surface area contributed by atoms with Gasteiger partial charge < -0.3 is 4.57 Å². The van der Waals surface area contributed by atoms with Gasteiger partial charge in [-0.15, -0.1) is 10.2 Å². The minimum Gasteiger partial charge on any atom is -0.348 e. The molecule has 0 atom stereocenters. The molecule has 146 valence electrons. The molecule has 0 saturated heterocycles. The van der Waals surface area contributed by atoms with Crippen LogP contribution in [0.15, 0.2) is 78.1 Å². The third-order valence-corrected chi connectivity index (χ3v) is 5.73. The predicted molar refractivity (Wildman–Crippen MR) is 116 cm³/mol. The molecule has 0 unspecified atom stereocenters. The van der Waals surface area contributed by atoms with Crippen LogP contribution in [-0.2, 0) is 13.5 Å². The monoisotopic (exact) mass is 422 g/mol. The second-order valence-electron chi connectivity index (χ2n) is 6.59. The van der Waals surface area contributed by atoms with Gasteiger partial charge in [0.25, 0.3) is 0 Å². The van der Waals surface area contributed by atoms with Crippen molar-refractivity contribution in [1.82, 2.24) is 19.3 Å². The molecule has 0 N–H and O–H groups in total.